The lowest BCUT2D eigenvalue weighted by molar-refractivity contribution is -0.137. The molecule has 36 heavy (non-hydrogen) atoms. The fourth-order valence-corrected chi connectivity index (χ4v) is 4.67. The number of aryl methyl sites for hydroxylation is 1. The van der Waals surface area contributed by atoms with Gasteiger partial charge in [-0.25, -0.2) is 4.98 Å². The molecule has 0 aliphatic carbocycles. The predicted molar refractivity (Wildman–Crippen MR) is 134 cm³/mol. The second kappa shape index (κ2) is 9.35. The van der Waals surface area contributed by atoms with Gasteiger partial charge in [-0.3, -0.25) is 4.79 Å². The number of halogens is 3. The lowest BCUT2D eigenvalue weighted by Crippen LogP contribution is -2.34. The maximum atomic E-state index is 13.3. The Hall–Kier alpha value is -3.78. The molecule has 0 radical (unpaired) electrons. The van der Waals surface area contributed by atoms with E-state index in [1.165, 1.54) is 16.8 Å². The summed E-state index contributed by atoms with van der Waals surface area (Å²) < 4.78 is 41.4. The number of nitrogens with one attached hydrogen (secondary N) is 1. The molecule has 11 heteroatoms. The van der Waals surface area contributed by atoms with E-state index < -0.39 is 17.8 Å². The molecular weight excluding hydrogens is 471 g/mol. The van der Waals surface area contributed by atoms with E-state index in [1.807, 2.05) is 19.0 Å². The number of likely N-dealkylation sites (N-methyl/N-ethyl adjacent to an activating group) is 1. The maximum absolute atomic E-state index is 13.3. The van der Waals surface area contributed by atoms with Gasteiger partial charge in [-0.15, -0.1) is 0 Å². The molecule has 0 saturated carbocycles. The van der Waals surface area contributed by atoms with E-state index in [-0.39, 0.29) is 16.8 Å². The van der Waals surface area contributed by atoms with Crippen molar-refractivity contribution in [2.75, 3.05) is 43.1 Å². The fraction of sp³-hybridized carbons (Fsp3) is 0.400. The summed E-state index contributed by atoms with van der Waals surface area (Å²) in [5.41, 5.74) is 6.14. The van der Waals surface area contributed by atoms with Crippen LogP contribution in [0.4, 0.5) is 30.4 Å². The van der Waals surface area contributed by atoms with Crippen molar-refractivity contribution >= 4 is 28.1 Å². The molecule has 0 bridgehead atoms. The van der Waals surface area contributed by atoms with E-state index in [0.29, 0.717) is 47.1 Å². The van der Waals surface area contributed by atoms with Gasteiger partial charge in [0.05, 0.1) is 22.7 Å². The Balaban J connectivity index is 1.80. The van der Waals surface area contributed by atoms with Crippen LogP contribution in [0.3, 0.4) is 0 Å². The van der Waals surface area contributed by atoms with Gasteiger partial charge in [0.1, 0.15) is 17.6 Å². The predicted octanol–water partition coefficient (Wildman–Crippen LogP) is 3.72. The molecule has 2 aromatic heterocycles. The minimum absolute atomic E-state index is 0.000262. The molecule has 2 atom stereocenters. The molecule has 1 fully saturated rings. The van der Waals surface area contributed by atoms with Crippen LogP contribution >= 0.6 is 0 Å². The minimum atomic E-state index is -4.53. The highest BCUT2D eigenvalue weighted by Gasteiger charge is 2.32. The zero-order valence-corrected chi connectivity index (χ0v) is 20.5. The maximum Gasteiger partial charge on any atom is 0.416 e. The third kappa shape index (κ3) is 4.68. The van der Waals surface area contributed by atoms with Gasteiger partial charge in [-0.05, 0) is 57.3 Å². The highest BCUT2D eigenvalue weighted by molar-refractivity contribution is 5.95. The minimum Gasteiger partial charge on any atom is -0.399 e. The molecule has 3 heterocycles. The van der Waals surface area contributed by atoms with Gasteiger partial charge in [0.25, 0.3) is 5.56 Å². The summed E-state index contributed by atoms with van der Waals surface area (Å²) in [6, 6.07) is 6.93. The van der Waals surface area contributed by atoms with Crippen LogP contribution in [0.5, 0.6) is 0 Å². The number of nitrogen functional groups attached to an aromatic ring is 1. The average Bonchev–Trinajstić information content (AvgIpc) is 3.31. The number of alkyl halides is 3. The number of aromatic nitrogens is 2. The number of nitrogens with two attached hydrogens (primary N) is 1. The summed E-state index contributed by atoms with van der Waals surface area (Å²) >= 11 is 0. The summed E-state index contributed by atoms with van der Waals surface area (Å²) in [6.45, 7) is 3.09. The smallest absolute Gasteiger partial charge is 0.399 e. The topological polar surface area (TPSA) is 103 Å². The standard InChI is InChI=1S/C25H28F3N7O/c1-14(15-7-17(25(26,27)28)9-18(30)8-15)32-23-20-10-21(35-6-5-19(13-35)33(2)3)24(36)34(4)22(20)16(11-29)12-31-23/h7-10,12,14,19H,5-6,13,30H2,1-4H3,(H,31,32)/t14-,19?/m1/s1. The van der Waals surface area contributed by atoms with Crippen molar-refractivity contribution < 1.29 is 13.2 Å². The zero-order chi connectivity index (χ0) is 26.4. The van der Waals surface area contributed by atoms with Gasteiger partial charge in [-0.2, -0.15) is 18.4 Å². The molecule has 1 unspecified atom stereocenters. The van der Waals surface area contributed by atoms with Crippen molar-refractivity contribution in [1.82, 2.24) is 14.5 Å². The van der Waals surface area contributed by atoms with Crippen LogP contribution in [0, 0.1) is 11.3 Å². The quantitative estimate of drug-likeness (QED) is 0.516. The Kier molecular flexibility index (Phi) is 6.58. The number of hydrogen-bond donors (Lipinski definition) is 2. The second-order valence-corrected chi connectivity index (χ2v) is 9.39. The van der Waals surface area contributed by atoms with E-state index in [1.54, 1.807) is 20.0 Å². The Labute approximate surface area is 206 Å². The number of hydrogen-bond acceptors (Lipinski definition) is 7. The van der Waals surface area contributed by atoms with E-state index in [4.69, 9.17) is 5.73 Å². The first-order valence-electron chi connectivity index (χ1n) is 11.5. The Morgan fingerprint density at radius 1 is 1.28 bits per heavy atom. The van der Waals surface area contributed by atoms with Crippen LogP contribution in [0.2, 0.25) is 0 Å². The number of rotatable bonds is 5. The average molecular weight is 500 g/mol. The Bertz CT molecular complexity index is 1410. The number of fused-ring (bicyclic) bond motifs is 1. The summed E-state index contributed by atoms with van der Waals surface area (Å²) in [7, 11) is 5.61. The third-order valence-electron chi connectivity index (χ3n) is 6.74. The molecule has 8 nitrogen and oxygen atoms in total. The summed E-state index contributed by atoms with van der Waals surface area (Å²) in [4.78, 5) is 21.8. The highest BCUT2D eigenvalue weighted by atomic mass is 19.4. The molecule has 1 aromatic carbocycles. The monoisotopic (exact) mass is 499 g/mol. The van der Waals surface area contributed by atoms with Crippen LogP contribution in [0.1, 0.15) is 36.1 Å². The van der Waals surface area contributed by atoms with E-state index >= 15 is 0 Å². The van der Waals surface area contributed by atoms with Gasteiger partial charge in [0.2, 0.25) is 0 Å². The molecule has 0 spiro atoms. The molecular formula is C25H28F3N7O. The van der Waals surface area contributed by atoms with Crippen LogP contribution < -0.4 is 21.5 Å². The first kappa shape index (κ1) is 25.3. The lowest BCUT2D eigenvalue weighted by Gasteiger charge is -2.23. The number of nitriles is 1. The van der Waals surface area contributed by atoms with Crippen LogP contribution in [-0.2, 0) is 13.2 Å². The molecule has 1 saturated heterocycles. The summed E-state index contributed by atoms with van der Waals surface area (Å²) in [5.74, 6) is 0.354. The molecule has 190 valence electrons. The Morgan fingerprint density at radius 2 is 2.00 bits per heavy atom. The SMILES string of the molecule is C[C@@H](Nc1ncc(C#N)c2c1cc(N1CCC(N(C)C)C1)c(=O)n2C)c1cc(N)cc(C(F)(F)F)c1. The second-order valence-electron chi connectivity index (χ2n) is 9.39. The summed E-state index contributed by atoms with van der Waals surface area (Å²) in [6.07, 6.45) is -2.27. The third-order valence-corrected chi connectivity index (χ3v) is 6.74. The first-order chi connectivity index (χ1) is 16.9. The molecule has 4 rings (SSSR count). The Morgan fingerprint density at radius 3 is 2.61 bits per heavy atom. The van der Waals surface area contributed by atoms with Crippen molar-refractivity contribution in [3.8, 4) is 6.07 Å². The zero-order valence-electron chi connectivity index (χ0n) is 20.5. The van der Waals surface area contributed by atoms with Crippen LogP contribution in [-0.4, -0.2) is 47.7 Å². The molecule has 0 amide bonds. The number of benzene rings is 1. The number of pyridine rings is 2. The van der Waals surface area contributed by atoms with Crippen molar-refractivity contribution in [3.05, 3.63) is 57.5 Å². The van der Waals surface area contributed by atoms with Crippen molar-refractivity contribution in [1.29, 1.82) is 5.26 Å². The lowest BCUT2D eigenvalue weighted by atomic mass is 10.0. The van der Waals surface area contributed by atoms with Gasteiger partial charge < -0.3 is 25.4 Å². The molecule has 1 aliphatic rings. The van der Waals surface area contributed by atoms with Crippen molar-refractivity contribution in [2.24, 2.45) is 7.05 Å². The first-order valence-corrected chi connectivity index (χ1v) is 11.5. The number of nitrogens with zero attached hydrogens (tertiary/aromatic N) is 5. The molecule has 1 aliphatic heterocycles. The molecule has 3 N–H and O–H groups in total. The van der Waals surface area contributed by atoms with E-state index in [2.05, 4.69) is 21.3 Å². The van der Waals surface area contributed by atoms with Gasteiger partial charge in [0, 0.05) is 43.4 Å². The summed E-state index contributed by atoms with van der Waals surface area (Å²) in [5, 5.41) is 13.4. The van der Waals surface area contributed by atoms with E-state index in [0.717, 1.165) is 18.6 Å². The highest BCUT2D eigenvalue weighted by Crippen LogP contribution is 2.34. The van der Waals surface area contributed by atoms with Gasteiger partial charge in [-0.1, -0.05) is 0 Å². The normalized spacial score (nSPS) is 17.0. The van der Waals surface area contributed by atoms with Crippen LogP contribution in [0.25, 0.3) is 10.9 Å². The fourth-order valence-electron chi connectivity index (χ4n) is 4.67. The van der Waals surface area contributed by atoms with E-state index in [9.17, 15) is 23.2 Å². The van der Waals surface area contributed by atoms with Gasteiger partial charge in [0.15, 0.2) is 0 Å². The largest absolute Gasteiger partial charge is 0.416 e. The van der Waals surface area contributed by atoms with Crippen molar-refractivity contribution in [2.45, 2.75) is 31.6 Å². The van der Waals surface area contributed by atoms with Gasteiger partial charge >= 0.3 is 6.18 Å². The van der Waals surface area contributed by atoms with Crippen molar-refractivity contribution in [3.63, 3.8) is 0 Å². The number of anilines is 3. The molecule has 3 aromatic rings. The van der Waals surface area contributed by atoms with Crippen LogP contribution in [0.15, 0.2) is 35.3 Å².